The van der Waals surface area contributed by atoms with Crippen LogP contribution < -0.4 is 10.6 Å². The summed E-state index contributed by atoms with van der Waals surface area (Å²) < 4.78 is 9.79. The third-order valence-electron chi connectivity index (χ3n) is 5.09. The monoisotopic (exact) mass is 381 g/mol. The van der Waals surface area contributed by atoms with E-state index in [-0.39, 0.29) is 36.2 Å². The second-order valence-corrected chi connectivity index (χ2v) is 7.49. The van der Waals surface area contributed by atoms with E-state index in [1.54, 1.807) is 12.3 Å². The zero-order valence-electron chi connectivity index (χ0n) is 14.8. The highest BCUT2D eigenvalue weighted by Gasteiger charge is 2.52. The molecule has 2 aliphatic rings. The van der Waals surface area contributed by atoms with Crippen molar-refractivity contribution in [1.29, 1.82) is 0 Å². The van der Waals surface area contributed by atoms with Gasteiger partial charge in [-0.1, -0.05) is 0 Å². The molecule has 1 heterocycles. The Morgan fingerprint density at radius 1 is 1.31 bits per heavy atom. The van der Waals surface area contributed by atoms with E-state index in [2.05, 4.69) is 15.6 Å². The summed E-state index contributed by atoms with van der Waals surface area (Å²) in [6.45, 7) is 2.06. The molecule has 0 radical (unpaired) electrons. The Labute approximate surface area is 155 Å². The smallest absolute Gasteiger partial charge is 0.321 e. The molecule has 4 atom stereocenters. The van der Waals surface area contributed by atoms with E-state index in [4.69, 9.17) is 9.47 Å². The molecule has 2 aliphatic carbocycles. The molecule has 1 aromatic rings. The fourth-order valence-electron chi connectivity index (χ4n) is 4.06. The molecule has 2 N–H and O–H groups in total. The van der Waals surface area contributed by atoms with Crippen LogP contribution in [-0.4, -0.2) is 42.7 Å². The molecule has 0 aromatic carbocycles. The first-order valence-electron chi connectivity index (χ1n) is 8.77. The van der Waals surface area contributed by atoms with Crippen LogP contribution in [0.1, 0.15) is 31.9 Å². The summed E-state index contributed by atoms with van der Waals surface area (Å²) in [5, 5.41) is 7.72. The Kier molecular flexibility index (Phi) is 5.75. The van der Waals surface area contributed by atoms with Gasteiger partial charge in [0.1, 0.15) is 0 Å². The number of nitrogens with one attached hydrogen (secondary N) is 2. The molecule has 0 spiro atoms. The standard InChI is InChI=1S/C17H23N3O5S/c1-3-25-12(21)7-11-8-26-17(18-11)20-16(23)19-14-10-5-4-9(6-10)13(14)15(22)24-2/h8-10,13-14H,3-7H2,1-2H3,(H2,18,19,20,23). The maximum Gasteiger partial charge on any atom is 0.321 e. The molecular formula is C17H23N3O5S. The quantitative estimate of drug-likeness (QED) is 0.730. The topological polar surface area (TPSA) is 107 Å². The average molecular weight is 381 g/mol. The number of nitrogens with zero attached hydrogens (tertiary/aromatic N) is 1. The summed E-state index contributed by atoms with van der Waals surface area (Å²) in [4.78, 5) is 40.1. The van der Waals surface area contributed by atoms with Crippen LogP contribution in [0.4, 0.5) is 9.93 Å². The van der Waals surface area contributed by atoms with Gasteiger partial charge in [-0.15, -0.1) is 11.3 Å². The number of hydrogen-bond donors (Lipinski definition) is 2. The predicted octanol–water partition coefficient (Wildman–Crippen LogP) is 1.96. The molecule has 3 rings (SSSR count). The van der Waals surface area contributed by atoms with Gasteiger partial charge in [0.15, 0.2) is 5.13 Å². The van der Waals surface area contributed by atoms with E-state index in [1.807, 2.05) is 0 Å². The van der Waals surface area contributed by atoms with Gasteiger partial charge in [-0.05, 0) is 38.0 Å². The summed E-state index contributed by atoms with van der Waals surface area (Å²) in [5.41, 5.74) is 0.552. The van der Waals surface area contributed by atoms with E-state index < -0.39 is 6.03 Å². The summed E-state index contributed by atoms with van der Waals surface area (Å²) in [7, 11) is 1.38. The van der Waals surface area contributed by atoms with Crippen molar-refractivity contribution in [3.63, 3.8) is 0 Å². The van der Waals surface area contributed by atoms with Crippen LogP contribution in [0.25, 0.3) is 0 Å². The number of fused-ring (bicyclic) bond motifs is 2. The normalized spacial score (nSPS) is 26.4. The van der Waals surface area contributed by atoms with Crippen molar-refractivity contribution in [1.82, 2.24) is 10.3 Å². The fourth-order valence-corrected chi connectivity index (χ4v) is 4.77. The summed E-state index contributed by atoms with van der Waals surface area (Å²) in [6, 6.07) is -0.603. The summed E-state index contributed by atoms with van der Waals surface area (Å²) in [5.74, 6) is -0.287. The minimum absolute atomic E-state index is 0.0738. The zero-order chi connectivity index (χ0) is 18.7. The second kappa shape index (κ2) is 8.03. The van der Waals surface area contributed by atoms with E-state index in [1.165, 1.54) is 18.4 Å². The Bertz CT molecular complexity index is 692. The van der Waals surface area contributed by atoms with Crippen molar-refractivity contribution in [3.05, 3.63) is 11.1 Å². The SMILES string of the molecule is CCOC(=O)Cc1csc(NC(=O)NC2C3CCC(C3)C2C(=O)OC)n1. The van der Waals surface area contributed by atoms with Crippen molar-refractivity contribution in [2.75, 3.05) is 19.0 Å². The van der Waals surface area contributed by atoms with E-state index in [9.17, 15) is 14.4 Å². The predicted molar refractivity (Wildman–Crippen MR) is 94.7 cm³/mol. The van der Waals surface area contributed by atoms with Gasteiger partial charge >= 0.3 is 18.0 Å². The van der Waals surface area contributed by atoms with Crippen molar-refractivity contribution in [3.8, 4) is 0 Å². The zero-order valence-corrected chi connectivity index (χ0v) is 15.6. The maximum absolute atomic E-state index is 12.3. The van der Waals surface area contributed by atoms with Crippen molar-refractivity contribution in [2.24, 2.45) is 17.8 Å². The van der Waals surface area contributed by atoms with E-state index in [0.29, 0.717) is 23.4 Å². The number of amides is 2. The van der Waals surface area contributed by atoms with Gasteiger partial charge < -0.3 is 14.8 Å². The van der Waals surface area contributed by atoms with Crippen molar-refractivity contribution < 1.29 is 23.9 Å². The van der Waals surface area contributed by atoms with Crippen molar-refractivity contribution in [2.45, 2.75) is 38.6 Å². The molecule has 4 unspecified atom stereocenters. The summed E-state index contributed by atoms with van der Waals surface area (Å²) in [6.07, 6.45) is 3.05. The minimum Gasteiger partial charge on any atom is -0.469 e. The lowest BCUT2D eigenvalue weighted by Crippen LogP contribution is -2.48. The van der Waals surface area contributed by atoms with Gasteiger partial charge in [0.2, 0.25) is 0 Å². The fraction of sp³-hybridized carbons (Fsp3) is 0.647. The van der Waals surface area contributed by atoms with Gasteiger partial charge in [0, 0.05) is 11.4 Å². The lowest BCUT2D eigenvalue weighted by atomic mass is 9.84. The van der Waals surface area contributed by atoms with Crippen LogP contribution in [0, 0.1) is 17.8 Å². The second-order valence-electron chi connectivity index (χ2n) is 6.63. The third kappa shape index (κ3) is 3.98. The molecule has 2 amide bonds. The van der Waals surface area contributed by atoms with Gasteiger partial charge in [0.25, 0.3) is 0 Å². The summed E-state index contributed by atoms with van der Waals surface area (Å²) >= 11 is 1.24. The van der Waals surface area contributed by atoms with Crippen LogP contribution in [-0.2, 0) is 25.5 Å². The van der Waals surface area contributed by atoms with Crippen LogP contribution in [0.3, 0.4) is 0 Å². The van der Waals surface area contributed by atoms with Crippen LogP contribution >= 0.6 is 11.3 Å². The largest absolute Gasteiger partial charge is 0.469 e. The molecule has 1 aromatic heterocycles. The Hall–Kier alpha value is -2.16. The molecule has 142 valence electrons. The highest BCUT2D eigenvalue weighted by molar-refractivity contribution is 7.13. The molecule has 26 heavy (non-hydrogen) atoms. The number of urea groups is 1. The number of methoxy groups -OCH3 is 1. The van der Waals surface area contributed by atoms with Crippen LogP contribution in [0.2, 0.25) is 0 Å². The van der Waals surface area contributed by atoms with Gasteiger partial charge in [-0.25, -0.2) is 9.78 Å². The molecule has 2 bridgehead atoms. The first-order valence-corrected chi connectivity index (χ1v) is 9.65. The van der Waals surface area contributed by atoms with Gasteiger partial charge in [-0.3, -0.25) is 14.9 Å². The molecule has 8 nitrogen and oxygen atoms in total. The highest BCUT2D eigenvalue weighted by atomic mass is 32.1. The molecular weight excluding hydrogens is 358 g/mol. The first kappa shape index (κ1) is 18.6. The number of rotatable bonds is 6. The number of aromatic nitrogens is 1. The van der Waals surface area contributed by atoms with Gasteiger partial charge in [-0.2, -0.15) is 0 Å². The average Bonchev–Trinajstić information content (AvgIpc) is 3.31. The number of ether oxygens (including phenoxy) is 2. The molecule has 2 saturated carbocycles. The number of carbonyl (C=O) groups is 3. The van der Waals surface area contributed by atoms with Crippen LogP contribution in [0.15, 0.2) is 5.38 Å². The minimum atomic E-state index is -0.395. The van der Waals surface area contributed by atoms with Gasteiger partial charge in [0.05, 0.1) is 31.7 Å². The lowest BCUT2D eigenvalue weighted by Gasteiger charge is -2.29. The van der Waals surface area contributed by atoms with Crippen molar-refractivity contribution >= 4 is 34.4 Å². The molecule has 0 aliphatic heterocycles. The molecule has 0 saturated heterocycles. The Balaban J connectivity index is 1.56. The van der Waals surface area contributed by atoms with E-state index >= 15 is 0 Å². The number of esters is 2. The van der Waals surface area contributed by atoms with Crippen LogP contribution in [0.5, 0.6) is 0 Å². The number of carbonyl (C=O) groups excluding carboxylic acids is 3. The third-order valence-corrected chi connectivity index (χ3v) is 5.90. The molecule has 9 heteroatoms. The van der Waals surface area contributed by atoms with E-state index in [0.717, 1.165) is 19.3 Å². The first-order chi connectivity index (χ1) is 12.5. The maximum atomic E-state index is 12.3. The Morgan fingerprint density at radius 3 is 2.81 bits per heavy atom. The molecule has 2 fully saturated rings. The lowest BCUT2D eigenvalue weighted by molar-refractivity contribution is -0.148. The number of hydrogen-bond acceptors (Lipinski definition) is 7. The Morgan fingerprint density at radius 2 is 2.08 bits per heavy atom. The number of anilines is 1. The number of thiazole rings is 1. The highest BCUT2D eigenvalue weighted by Crippen LogP contribution is 2.48.